The molecule has 1 fully saturated rings. The molecule has 2 aromatic heterocycles. The third-order valence-corrected chi connectivity index (χ3v) is 4.95. The second-order valence-corrected chi connectivity index (χ2v) is 6.94. The van der Waals surface area contributed by atoms with E-state index in [2.05, 4.69) is 14.8 Å². The second-order valence-electron chi connectivity index (χ2n) is 6.94. The highest BCUT2D eigenvalue weighted by atomic mass is 19.3. The van der Waals surface area contributed by atoms with Crippen molar-refractivity contribution in [2.45, 2.75) is 12.7 Å². The van der Waals surface area contributed by atoms with E-state index in [0.717, 1.165) is 0 Å². The molecule has 0 saturated carbocycles. The lowest BCUT2D eigenvalue weighted by atomic mass is 10.1. The monoisotopic (exact) mass is 446 g/mol. The van der Waals surface area contributed by atoms with Gasteiger partial charge in [-0.15, -0.1) is 0 Å². The fourth-order valence-corrected chi connectivity index (χ4v) is 3.38. The third-order valence-electron chi connectivity index (χ3n) is 4.95. The molecule has 1 aliphatic rings. The first kappa shape index (κ1) is 21.3. The van der Waals surface area contributed by atoms with Crippen LogP contribution in [0.2, 0.25) is 0 Å². The van der Waals surface area contributed by atoms with Gasteiger partial charge in [0, 0.05) is 37.0 Å². The molecule has 4 rings (SSSR count). The number of alkyl halides is 2. The maximum atomic E-state index is 13.5. The predicted octanol–water partition coefficient (Wildman–Crippen LogP) is 2.75. The van der Waals surface area contributed by atoms with E-state index in [4.69, 9.17) is 4.74 Å². The summed E-state index contributed by atoms with van der Waals surface area (Å²) in [5.74, 6) is -1.13. The molecule has 1 saturated heterocycles. The first-order valence-corrected chi connectivity index (χ1v) is 9.50. The van der Waals surface area contributed by atoms with Crippen LogP contribution in [-0.2, 0) is 0 Å². The first-order valence-electron chi connectivity index (χ1n) is 9.50. The van der Waals surface area contributed by atoms with Crippen molar-refractivity contribution in [3.8, 4) is 22.8 Å². The lowest BCUT2D eigenvalue weighted by Gasteiger charge is -2.39. The third kappa shape index (κ3) is 4.13. The lowest BCUT2D eigenvalue weighted by molar-refractivity contribution is -0.0507. The maximum absolute atomic E-state index is 13.5. The number of rotatable bonds is 6. The van der Waals surface area contributed by atoms with Crippen LogP contribution < -0.4 is 15.0 Å². The molecule has 8 nitrogen and oxygen atoms in total. The molecule has 0 bridgehead atoms. The molecule has 3 aromatic rings. The zero-order valence-corrected chi connectivity index (χ0v) is 16.7. The number of nitrogens with zero attached hydrogens (tertiary/aromatic N) is 4. The SMILES string of the molecule is COc1cc(F)ccc1-c1ccc(=O)n(C2CN(C(=O)c3ncccc3OC(F)F)C2)n1. The fraction of sp³-hybridized carbons (Fsp3) is 0.238. The van der Waals surface area contributed by atoms with Gasteiger partial charge in [0.05, 0.1) is 18.8 Å². The van der Waals surface area contributed by atoms with E-state index in [0.29, 0.717) is 11.3 Å². The predicted molar refractivity (Wildman–Crippen MR) is 106 cm³/mol. The number of methoxy groups -OCH3 is 1. The standard InChI is InChI=1S/C21H17F3N4O4/c1-31-17-9-12(22)4-5-14(17)15-6-7-18(29)28(26-15)13-10-27(11-13)20(30)19-16(32-21(23)24)3-2-8-25-19/h2-9,13,21H,10-11H2,1H3. The smallest absolute Gasteiger partial charge is 0.387 e. The summed E-state index contributed by atoms with van der Waals surface area (Å²) in [7, 11) is 1.40. The Balaban J connectivity index is 1.54. The number of hydrogen-bond acceptors (Lipinski definition) is 6. The molecule has 0 spiro atoms. The molecule has 1 aliphatic heterocycles. The Labute approximate surface area is 179 Å². The number of pyridine rings is 1. The van der Waals surface area contributed by atoms with Crippen LogP contribution in [0.25, 0.3) is 11.3 Å². The molecule has 0 radical (unpaired) electrons. The van der Waals surface area contributed by atoms with Gasteiger partial charge in [-0.25, -0.2) is 14.1 Å². The number of hydrogen-bond donors (Lipinski definition) is 0. The molecule has 166 valence electrons. The number of benzene rings is 1. The minimum atomic E-state index is -3.09. The summed E-state index contributed by atoms with van der Waals surface area (Å²) in [4.78, 5) is 30.2. The van der Waals surface area contributed by atoms with Crippen molar-refractivity contribution >= 4 is 5.91 Å². The van der Waals surface area contributed by atoms with Crippen molar-refractivity contribution < 1.29 is 27.4 Å². The highest BCUT2D eigenvalue weighted by molar-refractivity contribution is 5.95. The van der Waals surface area contributed by atoms with Crippen molar-refractivity contribution in [3.63, 3.8) is 0 Å². The minimum Gasteiger partial charge on any atom is -0.496 e. The molecular formula is C21H17F3N4O4. The summed E-state index contributed by atoms with van der Waals surface area (Å²) in [6.07, 6.45) is 1.30. The first-order chi connectivity index (χ1) is 15.4. The Morgan fingerprint density at radius 1 is 1.16 bits per heavy atom. The minimum absolute atomic E-state index is 0.125. The molecular weight excluding hydrogens is 429 g/mol. The Hall–Kier alpha value is -3.89. The van der Waals surface area contributed by atoms with Gasteiger partial charge in [0.2, 0.25) is 0 Å². The molecule has 0 unspecified atom stereocenters. The number of halogens is 3. The number of carbonyl (C=O) groups excluding carboxylic acids is 1. The van der Waals surface area contributed by atoms with Crippen LogP contribution in [0.15, 0.2) is 53.5 Å². The van der Waals surface area contributed by atoms with Crippen molar-refractivity contribution in [2.75, 3.05) is 20.2 Å². The number of carbonyl (C=O) groups is 1. The normalized spacial score (nSPS) is 13.7. The van der Waals surface area contributed by atoms with Gasteiger partial charge in [-0.05, 0) is 30.3 Å². The number of aromatic nitrogens is 3. The van der Waals surface area contributed by atoms with Crippen molar-refractivity contribution in [3.05, 3.63) is 70.5 Å². The van der Waals surface area contributed by atoms with Gasteiger partial charge >= 0.3 is 6.61 Å². The van der Waals surface area contributed by atoms with E-state index in [9.17, 15) is 22.8 Å². The van der Waals surface area contributed by atoms with Gasteiger partial charge in [0.15, 0.2) is 11.4 Å². The Morgan fingerprint density at radius 2 is 1.94 bits per heavy atom. The quantitative estimate of drug-likeness (QED) is 0.579. The maximum Gasteiger partial charge on any atom is 0.387 e. The van der Waals surface area contributed by atoms with Gasteiger partial charge < -0.3 is 14.4 Å². The summed E-state index contributed by atoms with van der Waals surface area (Å²) in [6.45, 7) is -2.84. The van der Waals surface area contributed by atoms with Crippen LogP contribution in [0.3, 0.4) is 0 Å². The Morgan fingerprint density at radius 3 is 2.66 bits per heavy atom. The molecule has 1 amide bonds. The topological polar surface area (TPSA) is 86.6 Å². The van der Waals surface area contributed by atoms with Crippen LogP contribution >= 0.6 is 0 Å². The zero-order chi connectivity index (χ0) is 22.8. The van der Waals surface area contributed by atoms with Crippen molar-refractivity contribution in [1.82, 2.24) is 19.7 Å². The van der Waals surface area contributed by atoms with Crippen LogP contribution in [-0.4, -0.2) is 52.4 Å². The largest absolute Gasteiger partial charge is 0.496 e. The average Bonchev–Trinajstić information content (AvgIpc) is 2.74. The number of likely N-dealkylation sites (tertiary alicyclic amines) is 1. The van der Waals surface area contributed by atoms with Gasteiger partial charge in [-0.2, -0.15) is 13.9 Å². The number of amides is 1. The Bertz CT molecular complexity index is 1210. The fourth-order valence-electron chi connectivity index (χ4n) is 3.38. The van der Waals surface area contributed by atoms with E-state index in [-0.39, 0.29) is 35.8 Å². The summed E-state index contributed by atoms with van der Waals surface area (Å²) in [5.41, 5.74) is 0.267. The van der Waals surface area contributed by atoms with Crippen molar-refractivity contribution in [2.24, 2.45) is 0 Å². The van der Waals surface area contributed by atoms with E-state index in [1.54, 1.807) is 0 Å². The van der Waals surface area contributed by atoms with E-state index in [1.165, 1.54) is 65.4 Å². The highest BCUT2D eigenvalue weighted by Crippen LogP contribution is 2.30. The summed E-state index contributed by atoms with van der Waals surface area (Å²) < 4.78 is 49.5. The van der Waals surface area contributed by atoms with Gasteiger partial charge in [0.1, 0.15) is 11.6 Å². The molecule has 32 heavy (non-hydrogen) atoms. The molecule has 11 heteroatoms. The molecule has 1 aromatic carbocycles. The summed E-state index contributed by atoms with van der Waals surface area (Å²) in [6, 6.07) is 8.96. The molecule has 0 N–H and O–H groups in total. The van der Waals surface area contributed by atoms with Gasteiger partial charge in [-0.1, -0.05) is 0 Å². The van der Waals surface area contributed by atoms with Crippen LogP contribution in [0, 0.1) is 5.82 Å². The van der Waals surface area contributed by atoms with Crippen LogP contribution in [0.4, 0.5) is 13.2 Å². The van der Waals surface area contributed by atoms with E-state index < -0.39 is 24.4 Å². The number of ether oxygens (including phenoxy) is 2. The van der Waals surface area contributed by atoms with Crippen LogP contribution in [0.5, 0.6) is 11.5 Å². The zero-order valence-electron chi connectivity index (χ0n) is 16.7. The Kier molecular flexibility index (Phi) is 5.80. The van der Waals surface area contributed by atoms with Crippen LogP contribution in [0.1, 0.15) is 16.5 Å². The van der Waals surface area contributed by atoms with Crippen molar-refractivity contribution in [1.29, 1.82) is 0 Å². The van der Waals surface area contributed by atoms with Gasteiger partial charge in [0.25, 0.3) is 11.5 Å². The van der Waals surface area contributed by atoms with E-state index in [1.807, 2.05) is 0 Å². The molecule has 0 aliphatic carbocycles. The second kappa shape index (κ2) is 8.69. The highest BCUT2D eigenvalue weighted by Gasteiger charge is 2.36. The summed E-state index contributed by atoms with van der Waals surface area (Å²) >= 11 is 0. The van der Waals surface area contributed by atoms with Gasteiger partial charge in [-0.3, -0.25) is 9.59 Å². The summed E-state index contributed by atoms with van der Waals surface area (Å²) in [5, 5.41) is 4.35. The average molecular weight is 446 g/mol. The molecule has 3 heterocycles. The van der Waals surface area contributed by atoms with E-state index >= 15 is 0 Å². The molecule has 0 atom stereocenters. The lowest BCUT2D eigenvalue weighted by Crippen LogP contribution is -2.53.